The van der Waals surface area contributed by atoms with Gasteiger partial charge in [0.05, 0.1) is 41.1 Å². The number of pyridine rings is 2. The van der Waals surface area contributed by atoms with Crippen molar-refractivity contribution in [2.45, 2.75) is 64.5 Å². The molecule has 4 heterocycles. The Labute approximate surface area is 224 Å². The Bertz CT molecular complexity index is 1350. The molecule has 0 N–H and O–H groups in total. The molecule has 2 aliphatic heterocycles. The summed E-state index contributed by atoms with van der Waals surface area (Å²) in [6.07, 6.45) is 6.73. The van der Waals surface area contributed by atoms with E-state index in [1.807, 2.05) is 17.9 Å². The predicted octanol–water partition coefficient (Wildman–Crippen LogP) is 4.57. The first kappa shape index (κ1) is 25.9. The van der Waals surface area contributed by atoms with Crippen molar-refractivity contribution in [2.24, 2.45) is 5.92 Å². The summed E-state index contributed by atoms with van der Waals surface area (Å²) in [5.41, 5.74) is 5.05. The van der Waals surface area contributed by atoms with Crippen molar-refractivity contribution in [3.05, 3.63) is 46.9 Å². The molecular formula is C30H34N6O2. The number of nitriles is 2. The fourth-order valence-corrected chi connectivity index (χ4v) is 5.58. The number of piperazine rings is 1. The van der Waals surface area contributed by atoms with Gasteiger partial charge >= 0.3 is 0 Å². The average molecular weight is 511 g/mol. The second-order valence-corrected chi connectivity index (χ2v) is 10.9. The maximum Gasteiger partial charge on any atom is 0.225 e. The molecule has 0 bridgehead atoms. The van der Waals surface area contributed by atoms with E-state index in [0.717, 1.165) is 48.3 Å². The van der Waals surface area contributed by atoms with Crippen LogP contribution in [0.3, 0.4) is 0 Å². The number of aromatic nitrogens is 2. The standard InChI is InChI=1S/C30H34N6O2/c1-5-22-12-24(21(14-31)16-33-22)28-19(4)25(15-32)30(34-29(28)20-6-7-20)35-9-10-36(26(17-35)18(2)3)27(37)13-23-8-11-38-23/h5,12,16,18,20,23,26H,1,6-11,13,17H2,2-4H3/t23-,26+/m1/s1. The van der Waals surface area contributed by atoms with Gasteiger partial charge in [0.15, 0.2) is 0 Å². The van der Waals surface area contributed by atoms with Crippen molar-refractivity contribution in [1.82, 2.24) is 14.9 Å². The monoisotopic (exact) mass is 510 g/mol. The van der Waals surface area contributed by atoms with Crippen LogP contribution >= 0.6 is 0 Å². The quantitative estimate of drug-likeness (QED) is 0.537. The minimum atomic E-state index is 0.0227. The highest BCUT2D eigenvalue weighted by Gasteiger charge is 2.37. The minimum absolute atomic E-state index is 0.0227. The van der Waals surface area contributed by atoms with Gasteiger partial charge in [0, 0.05) is 49.5 Å². The van der Waals surface area contributed by atoms with Gasteiger partial charge in [0.25, 0.3) is 0 Å². The average Bonchev–Trinajstić information content (AvgIpc) is 3.75. The van der Waals surface area contributed by atoms with Crippen molar-refractivity contribution in [3.8, 4) is 23.3 Å². The number of carbonyl (C=O) groups is 1. The smallest absolute Gasteiger partial charge is 0.225 e. The van der Waals surface area contributed by atoms with Gasteiger partial charge in [0.2, 0.25) is 5.91 Å². The van der Waals surface area contributed by atoms with Crippen molar-refractivity contribution < 1.29 is 9.53 Å². The van der Waals surface area contributed by atoms with Crippen LogP contribution in [-0.4, -0.2) is 59.2 Å². The number of carbonyl (C=O) groups excluding carboxylic acids is 1. The third-order valence-corrected chi connectivity index (χ3v) is 8.06. The fraction of sp³-hybridized carbons (Fsp3) is 0.500. The molecule has 0 aromatic carbocycles. The van der Waals surface area contributed by atoms with E-state index in [9.17, 15) is 15.3 Å². The Morgan fingerprint density at radius 2 is 2.03 bits per heavy atom. The lowest BCUT2D eigenvalue weighted by Gasteiger charge is -2.45. The molecule has 0 unspecified atom stereocenters. The Hall–Kier alpha value is -3.75. The topological polar surface area (TPSA) is 106 Å². The molecule has 3 fully saturated rings. The second-order valence-electron chi connectivity index (χ2n) is 10.9. The maximum atomic E-state index is 13.1. The van der Waals surface area contributed by atoms with Gasteiger partial charge < -0.3 is 14.5 Å². The van der Waals surface area contributed by atoms with Crippen LogP contribution in [0.4, 0.5) is 5.82 Å². The first-order valence-corrected chi connectivity index (χ1v) is 13.5. The summed E-state index contributed by atoms with van der Waals surface area (Å²) in [6, 6.07) is 6.58. The number of hydrogen-bond donors (Lipinski definition) is 0. The molecule has 38 heavy (non-hydrogen) atoms. The largest absolute Gasteiger partial charge is 0.377 e. The lowest BCUT2D eigenvalue weighted by atomic mass is 9.90. The molecule has 2 aromatic heterocycles. The normalized spacial score (nSPS) is 21.0. The summed E-state index contributed by atoms with van der Waals surface area (Å²) >= 11 is 0. The molecule has 2 aromatic rings. The van der Waals surface area contributed by atoms with Crippen molar-refractivity contribution in [3.63, 3.8) is 0 Å². The minimum Gasteiger partial charge on any atom is -0.377 e. The Morgan fingerprint density at radius 3 is 2.61 bits per heavy atom. The van der Waals surface area contributed by atoms with Crippen molar-refractivity contribution in [2.75, 3.05) is 31.1 Å². The van der Waals surface area contributed by atoms with Crippen LogP contribution in [0.15, 0.2) is 18.8 Å². The summed E-state index contributed by atoms with van der Waals surface area (Å²) in [4.78, 5) is 26.8. The number of ether oxygens (including phenoxy) is 1. The number of hydrogen-bond acceptors (Lipinski definition) is 7. The fourth-order valence-electron chi connectivity index (χ4n) is 5.58. The molecule has 0 radical (unpaired) electrons. The van der Waals surface area contributed by atoms with Crippen LogP contribution in [0, 0.1) is 35.5 Å². The van der Waals surface area contributed by atoms with Gasteiger partial charge in [-0.25, -0.2) is 4.98 Å². The van der Waals surface area contributed by atoms with E-state index in [2.05, 4.69) is 42.4 Å². The number of amides is 1. The third-order valence-electron chi connectivity index (χ3n) is 8.06. The lowest BCUT2D eigenvalue weighted by Crippen LogP contribution is -2.58. The molecule has 1 saturated carbocycles. The molecule has 3 aliphatic rings. The summed E-state index contributed by atoms with van der Waals surface area (Å²) in [5, 5.41) is 20.2. The Kier molecular flexibility index (Phi) is 7.19. The van der Waals surface area contributed by atoms with Crippen LogP contribution in [0.25, 0.3) is 17.2 Å². The van der Waals surface area contributed by atoms with Crippen LogP contribution < -0.4 is 4.90 Å². The number of nitrogens with zero attached hydrogens (tertiary/aromatic N) is 6. The van der Waals surface area contributed by atoms with E-state index in [1.165, 1.54) is 0 Å². The first-order chi connectivity index (χ1) is 18.4. The molecule has 8 heteroatoms. The van der Waals surface area contributed by atoms with Crippen molar-refractivity contribution in [1.29, 1.82) is 10.5 Å². The van der Waals surface area contributed by atoms with Gasteiger partial charge in [-0.3, -0.25) is 9.78 Å². The van der Waals surface area contributed by atoms with E-state index >= 15 is 0 Å². The number of anilines is 1. The van der Waals surface area contributed by atoms with Crippen molar-refractivity contribution >= 4 is 17.8 Å². The zero-order chi connectivity index (χ0) is 27.0. The molecule has 5 rings (SSSR count). The van der Waals surface area contributed by atoms with Gasteiger partial charge in [0.1, 0.15) is 18.0 Å². The lowest BCUT2D eigenvalue weighted by molar-refractivity contribution is -0.142. The van der Waals surface area contributed by atoms with Gasteiger partial charge in [-0.15, -0.1) is 0 Å². The highest BCUT2D eigenvalue weighted by Crippen LogP contribution is 2.47. The molecular weight excluding hydrogens is 476 g/mol. The zero-order valence-electron chi connectivity index (χ0n) is 22.4. The molecule has 0 spiro atoms. The summed E-state index contributed by atoms with van der Waals surface area (Å²) in [5.74, 6) is 1.39. The Balaban J connectivity index is 1.54. The molecule has 196 valence electrons. The van der Waals surface area contributed by atoms with Crippen LogP contribution in [0.2, 0.25) is 0 Å². The predicted molar refractivity (Wildman–Crippen MR) is 145 cm³/mol. The number of rotatable bonds is 7. The summed E-state index contributed by atoms with van der Waals surface area (Å²) < 4.78 is 5.51. The van der Waals surface area contributed by atoms with E-state index in [0.29, 0.717) is 54.6 Å². The summed E-state index contributed by atoms with van der Waals surface area (Å²) in [7, 11) is 0. The van der Waals surface area contributed by atoms with Crippen LogP contribution in [0.5, 0.6) is 0 Å². The van der Waals surface area contributed by atoms with Gasteiger partial charge in [-0.05, 0) is 49.8 Å². The highest BCUT2D eigenvalue weighted by atomic mass is 16.5. The van der Waals surface area contributed by atoms with Gasteiger partial charge in [-0.2, -0.15) is 10.5 Å². The second kappa shape index (κ2) is 10.6. The maximum absolute atomic E-state index is 13.1. The SMILES string of the molecule is C=Cc1cc(-c2c(C3CC3)nc(N3CCN(C(=O)C[C@H]4CCO4)[C@H](C(C)C)C3)c(C#N)c2C)c(C#N)cn1. The zero-order valence-corrected chi connectivity index (χ0v) is 22.4. The highest BCUT2D eigenvalue weighted by molar-refractivity contribution is 5.81. The molecule has 8 nitrogen and oxygen atoms in total. The van der Waals surface area contributed by atoms with E-state index < -0.39 is 0 Å². The first-order valence-electron chi connectivity index (χ1n) is 13.5. The Morgan fingerprint density at radius 1 is 1.26 bits per heavy atom. The van der Waals surface area contributed by atoms with Crippen LogP contribution in [0.1, 0.15) is 73.5 Å². The molecule has 2 atom stereocenters. The van der Waals surface area contributed by atoms with E-state index in [-0.39, 0.29) is 24.0 Å². The molecule has 1 amide bonds. The molecule has 2 saturated heterocycles. The van der Waals surface area contributed by atoms with Gasteiger partial charge in [-0.1, -0.05) is 20.4 Å². The summed E-state index contributed by atoms with van der Waals surface area (Å²) in [6.45, 7) is 12.6. The molecule has 1 aliphatic carbocycles. The van der Waals surface area contributed by atoms with E-state index in [4.69, 9.17) is 9.72 Å². The third kappa shape index (κ3) is 4.77. The van der Waals surface area contributed by atoms with Crippen LogP contribution in [-0.2, 0) is 9.53 Å². The van der Waals surface area contributed by atoms with E-state index in [1.54, 1.807) is 12.3 Å².